The van der Waals surface area contributed by atoms with E-state index >= 15 is 0 Å². The van der Waals surface area contributed by atoms with Crippen LogP contribution < -0.4 is 11.5 Å². The summed E-state index contributed by atoms with van der Waals surface area (Å²) in [6.07, 6.45) is 2.63. The Bertz CT molecular complexity index is 320. The molecule has 5 N–H and O–H groups in total. The van der Waals surface area contributed by atoms with Crippen molar-refractivity contribution in [3.05, 3.63) is 0 Å². The van der Waals surface area contributed by atoms with Gasteiger partial charge in [-0.15, -0.1) is 0 Å². The molecule has 2 aliphatic rings. The van der Waals surface area contributed by atoms with Crippen LogP contribution in [0.25, 0.3) is 0 Å². The summed E-state index contributed by atoms with van der Waals surface area (Å²) in [5, 5.41) is 9.63. The van der Waals surface area contributed by atoms with E-state index in [1.54, 1.807) is 4.90 Å². The molecule has 0 aromatic rings. The Hall–Kier alpha value is -1.14. The number of hydrogen-bond acceptors (Lipinski definition) is 4. The van der Waals surface area contributed by atoms with Crippen molar-refractivity contribution in [1.82, 2.24) is 4.90 Å². The molecule has 6 heteroatoms. The van der Waals surface area contributed by atoms with Gasteiger partial charge in [-0.25, -0.2) is 0 Å². The number of nitrogens with two attached hydrogens (primary N) is 2. The highest BCUT2D eigenvalue weighted by Crippen LogP contribution is 2.36. The molecule has 17 heavy (non-hydrogen) atoms. The van der Waals surface area contributed by atoms with E-state index in [0.717, 1.165) is 12.8 Å². The third-order valence-corrected chi connectivity index (χ3v) is 3.70. The van der Waals surface area contributed by atoms with Gasteiger partial charge in [0.25, 0.3) is 0 Å². The molecule has 0 saturated carbocycles. The molecular formula is C11H19N3O3. The molecule has 2 fully saturated rings. The Kier molecular flexibility index (Phi) is 3.35. The Morgan fingerprint density at radius 3 is 2.29 bits per heavy atom. The topological polar surface area (TPSA) is 110 Å². The summed E-state index contributed by atoms with van der Waals surface area (Å²) in [5.41, 5.74) is 10.7. The van der Waals surface area contributed by atoms with Crippen LogP contribution in [0.2, 0.25) is 0 Å². The molecule has 0 aromatic heterocycles. The smallest absolute Gasteiger partial charge is 0.240 e. The van der Waals surface area contributed by atoms with Crippen LogP contribution in [-0.4, -0.2) is 46.1 Å². The van der Waals surface area contributed by atoms with Gasteiger partial charge in [0.05, 0.1) is 18.6 Å². The van der Waals surface area contributed by atoms with Gasteiger partial charge >= 0.3 is 0 Å². The van der Waals surface area contributed by atoms with E-state index in [1.807, 2.05) is 0 Å². The monoisotopic (exact) mass is 241 g/mol. The summed E-state index contributed by atoms with van der Waals surface area (Å²) in [7, 11) is 0. The normalized spacial score (nSPS) is 33.5. The highest BCUT2D eigenvalue weighted by atomic mass is 16.3. The van der Waals surface area contributed by atoms with Crippen LogP contribution in [0.3, 0.4) is 0 Å². The summed E-state index contributed by atoms with van der Waals surface area (Å²) in [6, 6.07) is -0.684. The average molecular weight is 241 g/mol. The molecule has 0 aliphatic carbocycles. The van der Waals surface area contributed by atoms with Crippen molar-refractivity contribution in [1.29, 1.82) is 0 Å². The van der Waals surface area contributed by atoms with Gasteiger partial charge in [0.15, 0.2) is 0 Å². The molecule has 3 unspecified atom stereocenters. The van der Waals surface area contributed by atoms with Crippen LogP contribution in [-0.2, 0) is 9.59 Å². The Morgan fingerprint density at radius 1 is 1.29 bits per heavy atom. The molecule has 2 saturated heterocycles. The van der Waals surface area contributed by atoms with Gasteiger partial charge in [0.1, 0.15) is 0 Å². The molecule has 2 heterocycles. The number of aliphatic hydroxyl groups excluding tert-OH is 1. The van der Waals surface area contributed by atoms with E-state index in [4.69, 9.17) is 11.5 Å². The number of fused-ring (bicyclic) bond motifs is 2. The number of nitrogens with zero attached hydrogens (tertiary/aromatic N) is 1. The zero-order valence-electron chi connectivity index (χ0n) is 9.71. The highest BCUT2D eigenvalue weighted by Gasteiger charge is 2.43. The minimum atomic E-state index is -0.842. The van der Waals surface area contributed by atoms with E-state index in [1.165, 1.54) is 0 Å². The number of amides is 2. The minimum Gasteiger partial charge on any atom is -0.393 e. The van der Waals surface area contributed by atoms with Crippen LogP contribution in [0, 0.1) is 0 Å². The average Bonchev–Trinajstić information content (AvgIpc) is 2.49. The molecular weight excluding hydrogens is 222 g/mol. The fourth-order valence-electron chi connectivity index (χ4n) is 3.00. The van der Waals surface area contributed by atoms with Crippen LogP contribution in [0.4, 0.5) is 0 Å². The Labute approximate surface area is 99.9 Å². The van der Waals surface area contributed by atoms with Crippen molar-refractivity contribution < 1.29 is 14.7 Å². The second kappa shape index (κ2) is 4.62. The lowest BCUT2D eigenvalue weighted by Crippen LogP contribution is -2.54. The number of primary amides is 1. The number of carbonyl (C=O) groups is 2. The highest BCUT2D eigenvalue weighted by molar-refractivity contribution is 5.88. The van der Waals surface area contributed by atoms with Gasteiger partial charge in [0.2, 0.25) is 11.8 Å². The zero-order valence-corrected chi connectivity index (χ0v) is 9.71. The van der Waals surface area contributed by atoms with Crippen LogP contribution in [0.1, 0.15) is 32.1 Å². The van der Waals surface area contributed by atoms with Gasteiger partial charge in [-0.2, -0.15) is 0 Å². The fourth-order valence-corrected chi connectivity index (χ4v) is 3.00. The number of rotatable bonds is 3. The van der Waals surface area contributed by atoms with E-state index in [2.05, 4.69) is 0 Å². The lowest BCUT2D eigenvalue weighted by Gasteiger charge is -2.38. The van der Waals surface area contributed by atoms with Crippen LogP contribution in [0.15, 0.2) is 0 Å². The number of carbonyl (C=O) groups excluding carboxylic acids is 2. The van der Waals surface area contributed by atoms with Crippen molar-refractivity contribution in [2.45, 2.75) is 56.3 Å². The van der Waals surface area contributed by atoms with E-state index in [-0.39, 0.29) is 30.5 Å². The second-order valence-electron chi connectivity index (χ2n) is 5.03. The first-order valence-electron chi connectivity index (χ1n) is 6.03. The third kappa shape index (κ3) is 2.42. The molecule has 96 valence electrons. The Morgan fingerprint density at radius 2 is 1.82 bits per heavy atom. The van der Waals surface area contributed by atoms with Crippen molar-refractivity contribution >= 4 is 11.8 Å². The van der Waals surface area contributed by atoms with Gasteiger partial charge in [-0.3, -0.25) is 9.59 Å². The van der Waals surface area contributed by atoms with Crippen molar-refractivity contribution in [3.8, 4) is 0 Å². The standard InChI is InChI=1S/C11H19N3O3/c12-9(5-10(13)16)11(17)14-6-1-2-7(14)4-8(15)3-6/h6-9,15H,1-5,12H2,(H2,13,16). The summed E-state index contributed by atoms with van der Waals surface area (Å²) >= 11 is 0. The lowest BCUT2D eigenvalue weighted by atomic mass is 9.98. The molecule has 2 amide bonds. The van der Waals surface area contributed by atoms with Crippen LogP contribution >= 0.6 is 0 Å². The fraction of sp³-hybridized carbons (Fsp3) is 0.818. The lowest BCUT2D eigenvalue weighted by molar-refractivity contribution is -0.140. The van der Waals surface area contributed by atoms with Gasteiger partial charge in [0, 0.05) is 12.1 Å². The molecule has 0 aromatic carbocycles. The molecule has 2 rings (SSSR count). The van der Waals surface area contributed by atoms with Crippen molar-refractivity contribution in [3.63, 3.8) is 0 Å². The van der Waals surface area contributed by atoms with Gasteiger partial charge in [-0.1, -0.05) is 0 Å². The maximum Gasteiger partial charge on any atom is 0.240 e. The largest absolute Gasteiger partial charge is 0.393 e. The molecule has 2 bridgehead atoms. The zero-order chi connectivity index (χ0) is 12.6. The minimum absolute atomic E-state index is 0.0789. The number of hydrogen-bond donors (Lipinski definition) is 3. The predicted octanol–water partition coefficient (Wildman–Crippen LogP) is -1.30. The number of aliphatic hydroxyl groups is 1. The van der Waals surface area contributed by atoms with Crippen molar-refractivity contribution in [2.24, 2.45) is 11.5 Å². The third-order valence-electron chi connectivity index (χ3n) is 3.70. The Balaban J connectivity index is 2.03. The van der Waals surface area contributed by atoms with E-state index in [9.17, 15) is 14.7 Å². The van der Waals surface area contributed by atoms with Gasteiger partial charge in [-0.05, 0) is 25.7 Å². The van der Waals surface area contributed by atoms with E-state index in [0.29, 0.717) is 12.8 Å². The molecule has 3 atom stereocenters. The summed E-state index contributed by atoms with van der Waals surface area (Å²) in [6.45, 7) is 0. The summed E-state index contributed by atoms with van der Waals surface area (Å²) in [4.78, 5) is 24.6. The van der Waals surface area contributed by atoms with Gasteiger partial charge < -0.3 is 21.5 Å². The molecule has 6 nitrogen and oxygen atoms in total. The maximum atomic E-state index is 12.1. The molecule has 0 radical (unpaired) electrons. The molecule has 2 aliphatic heterocycles. The second-order valence-corrected chi connectivity index (χ2v) is 5.03. The van der Waals surface area contributed by atoms with E-state index < -0.39 is 11.9 Å². The summed E-state index contributed by atoms with van der Waals surface area (Å²) < 4.78 is 0. The number of piperidine rings is 1. The van der Waals surface area contributed by atoms with Crippen LogP contribution in [0.5, 0.6) is 0 Å². The first kappa shape index (κ1) is 12.3. The molecule has 0 spiro atoms. The quantitative estimate of drug-likeness (QED) is 0.570. The van der Waals surface area contributed by atoms with Crippen molar-refractivity contribution in [2.75, 3.05) is 0 Å². The summed E-state index contributed by atoms with van der Waals surface area (Å²) in [5.74, 6) is -0.765. The predicted molar refractivity (Wildman–Crippen MR) is 60.7 cm³/mol. The first-order chi connectivity index (χ1) is 7.99. The SMILES string of the molecule is NC(=O)CC(N)C(=O)N1C2CCC1CC(O)C2. The maximum absolute atomic E-state index is 12.1. The first-order valence-corrected chi connectivity index (χ1v) is 6.03.